The third-order valence-electron chi connectivity index (χ3n) is 5.13. The molecule has 1 aromatic heterocycles. The lowest BCUT2D eigenvalue weighted by Gasteiger charge is -2.27. The van der Waals surface area contributed by atoms with Gasteiger partial charge in [-0.1, -0.05) is 6.07 Å². The molecule has 0 amide bonds. The van der Waals surface area contributed by atoms with Crippen LogP contribution in [-0.2, 0) is 12.8 Å². The number of aromatic nitrogens is 2. The zero-order valence-corrected chi connectivity index (χ0v) is 14.3. The maximum Gasteiger partial charge on any atom is 0.244 e. The van der Waals surface area contributed by atoms with Crippen molar-refractivity contribution in [3.63, 3.8) is 0 Å². The highest BCUT2D eigenvalue weighted by Crippen LogP contribution is 2.46. The number of aromatic amines is 1. The van der Waals surface area contributed by atoms with Gasteiger partial charge in [-0.2, -0.15) is 5.26 Å². The van der Waals surface area contributed by atoms with E-state index in [0.717, 1.165) is 35.4 Å². The van der Waals surface area contributed by atoms with E-state index < -0.39 is 0 Å². The normalized spacial score (nSPS) is 18.8. The van der Waals surface area contributed by atoms with Gasteiger partial charge in [0, 0.05) is 16.8 Å². The zero-order chi connectivity index (χ0) is 17.6. The topological polar surface area (TPSA) is 96.9 Å². The molecule has 0 bridgehead atoms. The number of nitrogens with one attached hydrogen (secondary N) is 1. The molecule has 1 unspecified atom stereocenters. The summed E-state index contributed by atoms with van der Waals surface area (Å²) in [6, 6.07) is 6.51. The van der Waals surface area contributed by atoms with Crippen molar-refractivity contribution >= 4 is 0 Å². The predicted octanol–water partition coefficient (Wildman–Crippen LogP) is 2.82. The van der Waals surface area contributed by atoms with Crippen LogP contribution >= 0.6 is 0 Å². The summed E-state index contributed by atoms with van der Waals surface area (Å²) in [7, 11) is 1.66. The van der Waals surface area contributed by atoms with Crippen LogP contribution in [0.2, 0.25) is 0 Å². The second-order valence-electron chi connectivity index (χ2n) is 6.56. The minimum atomic E-state index is -0.338. The first-order valence-corrected chi connectivity index (χ1v) is 8.46. The van der Waals surface area contributed by atoms with E-state index in [2.05, 4.69) is 28.4 Å². The second kappa shape index (κ2) is 5.85. The summed E-state index contributed by atoms with van der Waals surface area (Å²) in [5, 5.41) is 16.8. The van der Waals surface area contributed by atoms with Crippen LogP contribution in [0.4, 0.5) is 0 Å². The number of nitriles is 1. The lowest BCUT2D eigenvalue weighted by molar-refractivity contribution is 0.374. The number of nitrogens with zero attached hydrogens (tertiary/aromatic N) is 2. The summed E-state index contributed by atoms with van der Waals surface area (Å²) in [5.74, 6) is 0.972. The number of hydrogen-bond acceptors (Lipinski definition) is 5. The van der Waals surface area contributed by atoms with E-state index in [4.69, 9.17) is 15.2 Å². The van der Waals surface area contributed by atoms with Gasteiger partial charge in [0.15, 0.2) is 0 Å². The first-order chi connectivity index (χ1) is 12.1. The van der Waals surface area contributed by atoms with Gasteiger partial charge >= 0.3 is 0 Å². The van der Waals surface area contributed by atoms with E-state index in [0.29, 0.717) is 11.5 Å². The number of allylic oxidation sites excluding steroid dienone is 1. The molecular formula is C19H20N4O2. The number of fused-ring (bicyclic) bond motifs is 2. The lowest BCUT2D eigenvalue weighted by atomic mass is 9.80. The van der Waals surface area contributed by atoms with Gasteiger partial charge in [0.05, 0.1) is 13.0 Å². The molecule has 1 aliphatic carbocycles. The number of ether oxygens (including phenoxy) is 2. The van der Waals surface area contributed by atoms with E-state index >= 15 is 0 Å². The van der Waals surface area contributed by atoms with Gasteiger partial charge in [0.2, 0.25) is 11.8 Å². The fraction of sp³-hybridized carbons (Fsp3) is 0.368. The molecule has 0 spiro atoms. The summed E-state index contributed by atoms with van der Waals surface area (Å²) in [6.45, 7) is 1.92. The zero-order valence-electron chi connectivity index (χ0n) is 14.3. The van der Waals surface area contributed by atoms with E-state index in [-0.39, 0.29) is 11.8 Å². The standard InChI is InChI=1S/C19H20N4O2/c1-10-16-17(14(9-20)18(21)25-19(16)23-22-10)13-7-11-5-3-4-6-12(11)8-15(13)24-2/h7-8,17H,3-6,21H2,1-2H3,(H,22,23). The molecule has 1 atom stereocenters. The van der Waals surface area contributed by atoms with Gasteiger partial charge in [-0.3, -0.25) is 5.10 Å². The van der Waals surface area contributed by atoms with Gasteiger partial charge in [0.1, 0.15) is 17.4 Å². The Hall–Kier alpha value is -2.94. The van der Waals surface area contributed by atoms with Gasteiger partial charge in [-0.15, -0.1) is 5.10 Å². The molecule has 2 aliphatic rings. The van der Waals surface area contributed by atoms with Crippen molar-refractivity contribution in [2.75, 3.05) is 7.11 Å². The van der Waals surface area contributed by atoms with Crippen molar-refractivity contribution in [3.05, 3.63) is 51.5 Å². The van der Waals surface area contributed by atoms with Crippen molar-refractivity contribution in [1.82, 2.24) is 10.2 Å². The van der Waals surface area contributed by atoms with Crippen LogP contribution in [0.5, 0.6) is 11.6 Å². The van der Waals surface area contributed by atoms with Crippen molar-refractivity contribution in [2.45, 2.75) is 38.5 Å². The van der Waals surface area contributed by atoms with Crippen molar-refractivity contribution in [2.24, 2.45) is 5.73 Å². The van der Waals surface area contributed by atoms with E-state index in [1.165, 1.54) is 24.0 Å². The van der Waals surface area contributed by atoms with Crippen LogP contribution in [0, 0.1) is 18.3 Å². The summed E-state index contributed by atoms with van der Waals surface area (Å²) in [6.07, 6.45) is 4.51. The third-order valence-corrected chi connectivity index (χ3v) is 5.13. The number of nitrogens with two attached hydrogens (primary N) is 1. The Morgan fingerprint density at radius 2 is 2.04 bits per heavy atom. The summed E-state index contributed by atoms with van der Waals surface area (Å²) >= 11 is 0. The van der Waals surface area contributed by atoms with Crippen LogP contribution in [0.3, 0.4) is 0 Å². The Balaban J connectivity index is 1.96. The van der Waals surface area contributed by atoms with Crippen LogP contribution in [0.15, 0.2) is 23.6 Å². The maximum absolute atomic E-state index is 9.71. The highest BCUT2D eigenvalue weighted by molar-refractivity contribution is 5.59. The molecule has 2 heterocycles. The van der Waals surface area contributed by atoms with Crippen LogP contribution in [0.1, 0.15) is 46.7 Å². The molecule has 128 valence electrons. The molecule has 4 rings (SSSR count). The second-order valence-corrected chi connectivity index (χ2v) is 6.56. The quantitative estimate of drug-likeness (QED) is 0.879. The number of methoxy groups -OCH3 is 1. The molecule has 0 saturated carbocycles. The number of aryl methyl sites for hydroxylation is 3. The molecule has 6 nitrogen and oxygen atoms in total. The molecule has 0 saturated heterocycles. The molecule has 25 heavy (non-hydrogen) atoms. The number of H-pyrrole nitrogens is 1. The Morgan fingerprint density at radius 1 is 1.32 bits per heavy atom. The summed E-state index contributed by atoms with van der Waals surface area (Å²) in [5.41, 5.74) is 11.7. The molecule has 6 heteroatoms. The number of rotatable bonds is 2. The highest BCUT2D eigenvalue weighted by Gasteiger charge is 2.36. The van der Waals surface area contributed by atoms with Crippen molar-refractivity contribution in [1.29, 1.82) is 5.26 Å². The first-order valence-electron chi connectivity index (χ1n) is 8.46. The number of benzene rings is 1. The first kappa shape index (κ1) is 15.6. The molecule has 2 aromatic rings. The van der Waals surface area contributed by atoms with Gasteiger partial charge < -0.3 is 15.2 Å². The largest absolute Gasteiger partial charge is 0.496 e. The third kappa shape index (κ3) is 2.35. The van der Waals surface area contributed by atoms with Gasteiger partial charge in [0.25, 0.3) is 0 Å². The van der Waals surface area contributed by atoms with Gasteiger partial charge in [-0.05, 0) is 49.8 Å². The Labute approximate surface area is 146 Å². The number of hydrogen-bond donors (Lipinski definition) is 2. The summed E-state index contributed by atoms with van der Waals surface area (Å²) in [4.78, 5) is 0. The predicted molar refractivity (Wildman–Crippen MR) is 92.3 cm³/mol. The summed E-state index contributed by atoms with van der Waals surface area (Å²) < 4.78 is 11.2. The van der Waals surface area contributed by atoms with Crippen LogP contribution in [0.25, 0.3) is 0 Å². The maximum atomic E-state index is 9.71. The Kier molecular flexibility index (Phi) is 3.65. The van der Waals surface area contributed by atoms with E-state index in [1.54, 1.807) is 7.11 Å². The minimum Gasteiger partial charge on any atom is -0.496 e. The molecular weight excluding hydrogens is 316 g/mol. The Bertz CT molecular complexity index is 920. The Morgan fingerprint density at radius 3 is 2.72 bits per heavy atom. The molecule has 1 aliphatic heterocycles. The molecule has 3 N–H and O–H groups in total. The minimum absolute atomic E-state index is 0.103. The van der Waals surface area contributed by atoms with Gasteiger partial charge in [-0.25, -0.2) is 0 Å². The van der Waals surface area contributed by atoms with Crippen LogP contribution in [-0.4, -0.2) is 17.3 Å². The fourth-order valence-electron chi connectivity index (χ4n) is 3.89. The van der Waals surface area contributed by atoms with E-state index in [1.807, 2.05) is 6.92 Å². The van der Waals surface area contributed by atoms with Crippen molar-refractivity contribution < 1.29 is 9.47 Å². The average molecular weight is 336 g/mol. The van der Waals surface area contributed by atoms with Crippen molar-refractivity contribution in [3.8, 4) is 17.7 Å². The smallest absolute Gasteiger partial charge is 0.244 e. The highest BCUT2D eigenvalue weighted by atomic mass is 16.5. The fourth-order valence-corrected chi connectivity index (χ4v) is 3.89. The molecule has 1 aromatic carbocycles. The molecule has 0 radical (unpaired) electrons. The molecule has 0 fully saturated rings. The van der Waals surface area contributed by atoms with Crippen LogP contribution < -0.4 is 15.2 Å². The monoisotopic (exact) mass is 336 g/mol. The SMILES string of the molecule is COc1cc2c(cc1C1C(C#N)=C(N)Oc3n[nH]c(C)c31)CCCC2. The average Bonchev–Trinajstić information content (AvgIpc) is 2.99. The van der Waals surface area contributed by atoms with E-state index in [9.17, 15) is 5.26 Å². The lowest BCUT2D eigenvalue weighted by Crippen LogP contribution is -2.21.